The van der Waals surface area contributed by atoms with Crippen LogP contribution < -0.4 is 5.32 Å². The number of ether oxygens (including phenoxy) is 1. The van der Waals surface area contributed by atoms with Crippen molar-refractivity contribution in [3.8, 4) is 0 Å². The molecule has 0 spiro atoms. The summed E-state index contributed by atoms with van der Waals surface area (Å²) in [5, 5.41) is 14.6. The second-order valence-corrected chi connectivity index (χ2v) is 7.88. The molecule has 4 rings (SSSR count). The number of aromatic nitrogens is 4. The van der Waals surface area contributed by atoms with Crippen molar-refractivity contribution in [2.45, 2.75) is 52.1 Å². The van der Waals surface area contributed by atoms with E-state index in [1.54, 1.807) is 0 Å². The number of hydrogen-bond donors (Lipinski definition) is 2. The number of nitrogens with zero attached hydrogens (tertiary/aromatic N) is 4. The minimum Gasteiger partial charge on any atom is -0.381 e. The van der Waals surface area contributed by atoms with Crippen LogP contribution in [-0.2, 0) is 16.1 Å². The predicted molar refractivity (Wildman–Crippen MR) is 101 cm³/mol. The van der Waals surface area contributed by atoms with Gasteiger partial charge in [0, 0.05) is 44.3 Å². The Morgan fingerprint density at radius 2 is 2.04 bits per heavy atom. The number of nitrogens with one attached hydrogen (secondary N) is 2. The fourth-order valence-electron chi connectivity index (χ4n) is 4.16. The lowest BCUT2D eigenvalue weighted by atomic mass is 9.97. The van der Waals surface area contributed by atoms with E-state index < -0.39 is 0 Å². The zero-order chi connectivity index (χ0) is 19.7. The summed E-state index contributed by atoms with van der Waals surface area (Å²) in [6, 6.07) is -0.0222. The van der Waals surface area contributed by atoms with Crippen molar-refractivity contribution < 1.29 is 14.1 Å². The number of hydrogen-bond acceptors (Lipinski definition) is 7. The maximum absolute atomic E-state index is 12.8. The van der Waals surface area contributed by atoms with Crippen molar-refractivity contribution in [3.05, 3.63) is 28.7 Å². The predicted octanol–water partition coefficient (Wildman–Crippen LogP) is 1.23. The van der Waals surface area contributed by atoms with Crippen LogP contribution in [0.15, 0.2) is 4.52 Å². The van der Waals surface area contributed by atoms with Gasteiger partial charge in [0.2, 0.25) is 5.91 Å². The summed E-state index contributed by atoms with van der Waals surface area (Å²) >= 11 is 0. The van der Waals surface area contributed by atoms with Gasteiger partial charge in [0.1, 0.15) is 11.6 Å². The molecule has 1 amide bonds. The van der Waals surface area contributed by atoms with Crippen LogP contribution in [-0.4, -0.2) is 63.5 Å². The Hall–Kier alpha value is -2.26. The second kappa shape index (κ2) is 8.00. The van der Waals surface area contributed by atoms with Crippen molar-refractivity contribution in [2.24, 2.45) is 5.92 Å². The van der Waals surface area contributed by atoms with Gasteiger partial charge in [0.05, 0.1) is 17.7 Å². The lowest BCUT2D eigenvalue weighted by Crippen LogP contribution is -2.44. The monoisotopic (exact) mass is 388 g/mol. The first-order valence-electron chi connectivity index (χ1n) is 9.92. The van der Waals surface area contributed by atoms with E-state index in [2.05, 4.69) is 30.6 Å². The normalized spacial score (nSPS) is 24.0. The van der Waals surface area contributed by atoms with Gasteiger partial charge in [-0.05, 0) is 33.6 Å². The molecule has 2 aliphatic rings. The van der Waals surface area contributed by atoms with Gasteiger partial charge in [0.25, 0.3) is 0 Å². The second-order valence-electron chi connectivity index (χ2n) is 7.88. The Morgan fingerprint density at radius 3 is 2.68 bits per heavy atom. The topological polar surface area (TPSA) is 109 Å². The quantitative estimate of drug-likeness (QED) is 0.793. The maximum Gasteiger partial charge on any atom is 0.223 e. The highest BCUT2D eigenvalue weighted by atomic mass is 16.5. The number of aryl methyl sites for hydroxylation is 3. The molecule has 9 nitrogen and oxygen atoms in total. The Bertz CT molecular complexity index is 806. The summed E-state index contributed by atoms with van der Waals surface area (Å²) in [6.45, 7) is 9.37. The van der Waals surface area contributed by atoms with E-state index in [1.165, 1.54) is 0 Å². The summed E-state index contributed by atoms with van der Waals surface area (Å²) in [7, 11) is 0. The fraction of sp³-hybridized carbons (Fsp3) is 0.684. The number of aromatic amines is 1. The van der Waals surface area contributed by atoms with Gasteiger partial charge in [-0.3, -0.25) is 14.8 Å². The van der Waals surface area contributed by atoms with E-state index in [4.69, 9.17) is 9.26 Å². The molecule has 0 aromatic carbocycles. The van der Waals surface area contributed by atoms with Gasteiger partial charge in [0.15, 0.2) is 5.82 Å². The molecule has 0 radical (unpaired) electrons. The first-order valence-corrected chi connectivity index (χ1v) is 9.92. The Balaban J connectivity index is 1.49. The number of carbonyl (C=O) groups is 1. The van der Waals surface area contributed by atoms with Crippen LogP contribution in [0.2, 0.25) is 0 Å². The van der Waals surface area contributed by atoms with Crippen LogP contribution in [0.3, 0.4) is 0 Å². The minimum absolute atomic E-state index is 0.0222. The third kappa shape index (κ3) is 3.95. The summed E-state index contributed by atoms with van der Waals surface area (Å²) < 4.78 is 10.7. The van der Waals surface area contributed by atoms with Gasteiger partial charge in [-0.15, -0.1) is 0 Å². The molecule has 28 heavy (non-hydrogen) atoms. The molecule has 2 saturated heterocycles. The lowest BCUT2D eigenvalue weighted by molar-refractivity contribution is -0.128. The van der Waals surface area contributed by atoms with Crippen LogP contribution in [0, 0.1) is 26.7 Å². The molecule has 2 aromatic heterocycles. The molecule has 2 fully saturated rings. The summed E-state index contributed by atoms with van der Waals surface area (Å²) in [6.07, 6.45) is 1.57. The van der Waals surface area contributed by atoms with Crippen molar-refractivity contribution in [1.82, 2.24) is 30.6 Å². The highest BCUT2D eigenvalue weighted by Crippen LogP contribution is 2.28. The molecule has 0 bridgehead atoms. The number of H-pyrrole nitrogens is 1. The van der Waals surface area contributed by atoms with E-state index >= 15 is 0 Å². The standard InChI is InChI=1S/C19H28N6O3/c1-11-15(12(2)28-24-11)8-25-9-16(18-20-13(3)22-23-18)17(10-25)21-19(26)14-4-6-27-7-5-14/h14,16-17H,4-10H2,1-3H3,(H,21,26)(H,20,22,23)/t16-,17-/m1/s1. The first kappa shape index (κ1) is 19.1. The van der Waals surface area contributed by atoms with Crippen molar-refractivity contribution in [3.63, 3.8) is 0 Å². The zero-order valence-corrected chi connectivity index (χ0v) is 16.7. The van der Waals surface area contributed by atoms with Crippen LogP contribution in [0.4, 0.5) is 0 Å². The SMILES string of the molecule is Cc1nc([C@@H]2CN(Cc3c(C)noc3C)C[C@H]2NC(=O)C2CCOCC2)n[nH]1. The molecule has 0 saturated carbocycles. The first-order chi connectivity index (χ1) is 13.5. The summed E-state index contributed by atoms with van der Waals surface area (Å²) in [5.74, 6) is 2.58. The van der Waals surface area contributed by atoms with E-state index in [0.29, 0.717) is 13.2 Å². The Labute approximate surface area is 164 Å². The van der Waals surface area contributed by atoms with Crippen molar-refractivity contribution >= 4 is 5.91 Å². The molecule has 152 valence electrons. The zero-order valence-electron chi connectivity index (χ0n) is 16.7. The van der Waals surface area contributed by atoms with Crippen LogP contribution in [0.5, 0.6) is 0 Å². The maximum atomic E-state index is 12.8. The van der Waals surface area contributed by atoms with Gasteiger partial charge >= 0.3 is 0 Å². The van der Waals surface area contributed by atoms with Crippen LogP contribution >= 0.6 is 0 Å². The summed E-state index contributed by atoms with van der Waals surface area (Å²) in [4.78, 5) is 19.7. The van der Waals surface area contributed by atoms with Crippen molar-refractivity contribution in [2.75, 3.05) is 26.3 Å². The van der Waals surface area contributed by atoms with E-state index in [-0.39, 0.29) is 23.8 Å². The number of amides is 1. The lowest BCUT2D eigenvalue weighted by Gasteiger charge is -2.25. The highest BCUT2D eigenvalue weighted by Gasteiger charge is 2.38. The average molecular weight is 388 g/mol. The van der Waals surface area contributed by atoms with Gasteiger partial charge in [-0.2, -0.15) is 5.10 Å². The van der Waals surface area contributed by atoms with Crippen LogP contribution in [0.25, 0.3) is 0 Å². The fourth-order valence-corrected chi connectivity index (χ4v) is 4.16. The largest absolute Gasteiger partial charge is 0.381 e. The van der Waals surface area contributed by atoms with Crippen molar-refractivity contribution in [1.29, 1.82) is 0 Å². The molecule has 2 atom stereocenters. The Kier molecular flexibility index (Phi) is 5.45. The molecule has 0 unspecified atom stereocenters. The molecule has 2 aromatic rings. The smallest absolute Gasteiger partial charge is 0.223 e. The van der Waals surface area contributed by atoms with E-state index in [1.807, 2.05) is 20.8 Å². The van der Waals surface area contributed by atoms with E-state index in [9.17, 15) is 4.79 Å². The third-order valence-corrected chi connectivity index (χ3v) is 5.82. The van der Waals surface area contributed by atoms with Gasteiger partial charge in [-0.25, -0.2) is 4.98 Å². The summed E-state index contributed by atoms with van der Waals surface area (Å²) in [5.41, 5.74) is 2.03. The number of likely N-dealkylation sites (tertiary alicyclic amines) is 1. The van der Waals surface area contributed by atoms with Crippen LogP contribution in [0.1, 0.15) is 47.4 Å². The molecule has 2 aliphatic heterocycles. The molecule has 4 heterocycles. The highest BCUT2D eigenvalue weighted by molar-refractivity contribution is 5.79. The molecular weight excluding hydrogens is 360 g/mol. The van der Waals surface area contributed by atoms with E-state index in [0.717, 1.165) is 61.1 Å². The number of carbonyl (C=O) groups excluding carboxylic acids is 1. The number of rotatable bonds is 5. The Morgan fingerprint density at radius 1 is 1.25 bits per heavy atom. The minimum atomic E-state index is -0.0222. The average Bonchev–Trinajstić information content (AvgIpc) is 3.38. The third-order valence-electron chi connectivity index (χ3n) is 5.82. The molecule has 9 heteroatoms. The van der Waals surface area contributed by atoms with Gasteiger partial charge < -0.3 is 14.6 Å². The molecule has 2 N–H and O–H groups in total. The molecule has 0 aliphatic carbocycles. The molecular formula is C19H28N6O3. The van der Waals surface area contributed by atoms with Gasteiger partial charge in [-0.1, -0.05) is 5.16 Å².